The quantitative estimate of drug-likeness (QED) is 0.361. The molecule has 2 unspecified atom stereocenters. The monoisotopic (exact) mass is 464 g/mol. The zero-order valence-corrected chi connectivity index (χ0v) is 18.6. The predicted molar refractivity (Wildman–Crippen MR) is 116 cm³/mol. The van der Waals surface area contributed by atoms with Crippen molar-refractivity contribution in [2.24, 2.45) is 4.99 Å². The number of aliphatic imine (C=N–C) groups is 1. The highest BCUT2D eigenvalue weighted by atomic mass is 127. The second-order valence-electron chi connectivity index (χ2n) is 7.29. The van der Waals surface area contributed by atoms with Gasteiger partial charge in [0.15, 0.2) is 5.96 Å². The van der Waals surface area contributed by atoms with E-state index in [4.69, 9.17) is 4.99 Å². The normalized spacial score (nSPS) is 32.2. The van der Waals surface area contributed by atoms with E-state index in [9.17, 15) is 0 Å². The Morgan fingerprint density at radius 3 is 2.32 bits per heavy atom. The summed E-state index contributed by atoms with van der Waals surface area (Å²) in [6.45, 7) is 19.3. The van der Waals surface area contributed by atoms with E-state index in [1.807, 2.05) is 0 Å². The van der Waals surface area contributed by atoms with E-state index >= 15 is 0 Å². The molecule has 25 heavy (non-hydrogen) atoms. The molecule has 4 saturated heterocycles. The van der Waals surface area contributed by atoms with Gasteiger partial charge in [-0.2, -0.15) is 0 Å². The van der Waals surface area contributed by atoms with Crippen molar-refractivity contribution in [2.45, 2.75) is 39.3 Å². The third-order valence-electron chi connectivity index (χ3n) is 5.97. The third-order valence-corrected chi connectivity index (χ3v) is 5.97. The van der Waals surface area contributed by atoms with E-state index in [1.165, 1.54) is 39.1 Å². The van der Waals surface area contributed by atoms with E-state index in [2.05, 4.69) is 45.7 Å². The molecule has 4 heterocycles. The maximum atomic E-state index is 5.03. The molecule has 6 nitrogen and oxygen atoms in total. The molecular weight excluding hydrogens is 427 g/mol. The van der Waals surface area contributed by atoms with Crippen LogP contribution in [0.25, 0.3) is 0 Å². The minimum Gasteiger partial charge on any atom is -0.357 e. The predicted octanol–water partition coefficient (Wildman–Crippen LogP) is 0.986. The van der Waals surface area contributed by atoms with E-state index < -0.39 is 0 Å². The number of piperazine rings is 3. The highest BCUT2D eigenvalue weighted by Crippen LogP contribution is 2.18. The van der Waals surface area contributed by atoms with E-state index in [1.54, 1.807) is 0 Å². The van der Waals surface area contributed by atoms with Crippen LogP contribution in [0.2, 0.25) is 0 Å². The fraction of sp³-hybridized carbons (Fsp3) is 0.944. The Hall–Kier alpha value is -0.120. The molecule has 4 fully saturated rings. The van der Waals surface area contributed by atoms with Gasteiger partial charge in [0.05, 0.1) is 6.54 Å². The summed E-state index contributed by atoms with van der Waals surface area (Å²) in [5, 5.41) is 3.53. The van der Waals surface area contributed by atoms with Crippen LogP contribution in [0.4, 0.5) is 0 Å². The van der Waals surface area contributed by atoms with Crippen molar-refractivity contribution < 1.29 is 0 Å². The summed E-state index contributed by atoms with van der Waals surface area (Å²) < 4.78 is 0. The van der Waals surface area contributed by atoms with Gasteiger partial charge in [0.1, 0.15) is 0 Å². The first-order valence-corrected chi connectivity index (χ1v) is 9.98. The van der Waals surface area contributed by atoms with Crippen LogP contribution in [0.3, 0.4) is 0 Å². The lowest BCUT2D eigenvalue weighted by molar-refractivity contribution is 0.0173. The molecule has 7 heteroatoms. The molecule has 0 aliphatic carbocycles. The molecule has 0 aromatic rings. The average Bonchev–Trinajstić information content (AvgIpc) is 3.10. The van der Waals surface area contributed by atoms with Gasteiger partial charge in [-0.3, -0.25) is 19.7 Å². The van der Waals surface area contributed by atoms with Crippen LogP contribution in [0.5, 0.6) is 0 Å². The lowest BCUT2D eigenvalue weighted by atomic mass is 10.1. The summed E-state index contributed by atoms with van der Waals surface area (Å²) in [6, 6.07) is 1.30. The summed E-state index contributed by atoms with van der Waals surface area (Å²) in [7, 11) is 0. The second-order valence-corrected chi connectivity index (χ2v) is 7.29. The van der Waals surface area contributed by atoms with Gasteiger partial charge in [-0.25, -0.2) is 0 Å². The minimum atomic E-state index is 0. The fourth-order valence-corrected chi connectivity index (χ4v) is 4.49. The van der Waals surface area contributed by atoms with Gasteiger partial charge in [-0.15, -0.1) is 24.0 Å². The number of nitrogens with one attached hydrogen (secondary N) is 1. The number of likely N-dealkylation sites (N-methyl/N-ethyl adjacent to an activating group) is 1. The molecule has 0 aromatic heterocycles. The third kappa shape index (κ3) is 5.20. The van der Waals surface area contributed by atoms with Crippen LogP contribution in [0, 0.1) is 0 Å². The van der Waals surface area contributed by atoms with Gasteiger partial charge in [0.2, 0.25) is 0 Å². The first kappa shape index (κ1) is 21.2. The lowest BCUT2D eigenvalue weighted by Gasteiger charge is -2.47. The summed E-state index contributed by atoms with van der Waals surface area (Å²) in [6.07, 6.45) is 1.26. The second kappa shape index (κ2) is 10.3. The van der Waals surface area contributed by atoms with E-state index in [0.717, 1.165) is 45.2 Å². The molecule has 146 valence electrons. The minimum absolute atomic E-state index is 0. The van der Waals surface area contributed by atoms with Crippen molar-refractivity contribution in [1.29, 1.82) is 0 Å². The Morgan fingerprint density at radius 1 is 1.04 bits per heavy atom. The lowest BCUT2D eigenvalue weighted by Crippen LogP contribution is -2.62. The number of halogens is 1. The molecule has 0 spiro atoms. The maximum absolute atomic E-state index is 5.03. The van der Waals surface area contributed by atoms with E-state index in [-0.39, 0.29) is 24.0 Å². The van der Waals surface area contributed by atoms with Crippen LogP contribution >= 0.6 is 24.0 Å². The van der Waals surface area contributed by atoms with Crippen LogP contribution in [0.15, 0.2) is 4.99 Å². The molecule has 0 radical (unpaired) electrons. The summed E-state index contributed by atoms with van der Waals surface area (Å²) in [5.74, 6) is 1.13. The molecule has 0 saturated carbocycles. The van der Waals surface area contributed by atoms with Crippen LogP contribution in [-0.2, 0) is 0 Å². The number of likely N-dealkylation sites (tertiary alicyclic amines) is 1. The molecule has 2 atom stereocenters. The molecule has 4 aliphatic rings. The molecule has 4 aliphatic heterocycles. The highest BCUT2D eigenvalue weighted by molar-refractivity contribution is 14.0. The number of hydrogen-bond acceptors (Lipinski definition) is 4. The number of guanidine groups is 1. The van der Waals surface area contributed by atoms with Crippen molar-refractivity contribution in [3.63, 3.8) is 0 Å². The topological polar surface area (TPSA) is 37.4 Å². The smallest absolute Gasteiger partial charge is 0.194 e. The molecule has 2 bridgehead atoms. The van der Waals surface area contributed by atoms with Crippen molar-refractivity contribution in [3.8, 4) is 0 Å². The van der Waals surface area contributed by atoms with Gasteiger partial charge in [-0.05, 0) is 26.4 Å². The Morgan fingerprint density at radius 2 is 1.76 bits per heavy atom. The molecular formula is C18H37IN6. The van der Waals surface area contributed by atoms with Crippen LogP contribution in [0.1, 0.15) is 27.2 Å². The number of rotatable bonds is 6. The number of hydrogen-bond donors (Lipinski definition) is 1. The van der Waals surface area contributed by atoms with E-state index in [0.29, 0.717) is 12.1 Å². The Labute approximate surface area is 171 Å². The fourth-order valence-electron chi connectivity index (χ4n) is 4.49. The van der Waals surface area contributed by atoms with Gasteiger partial charge in [-0.1, -0.05) is 13.8 Å². The Bertz CT molecular complexity index is 420. The van der Waals surface area contributed by atoms with Crippen LogP contribution in [-0.4, -0.2) is 110 Å². The van der Waals surface area contributed by atoms with Gasteiger partial charge in [0.25, 0.3) is 0 Å². The van der Waals surface area contributed by atoms with Gasteiger partial charge < -0.3 is 10.2 Å². The SMILES string of the molecule is CCNC(=NCC1CN2CCN1CC2)N1CCC(N(CC)CC)C1.I. The first-order valence-electron chi connectivity index (χ1n) is 9.98. The molecule has 0 amide bonds. The number of fused-ring (bicyclic) bond motifs is 3. The standard InChI is InChI=1S/C18H36N6.HI/c1-4-19-18(24-8-7-16(15-24)22(5-2)6-3)20-13-17-14-21-9-11-23(17)12-10-21;/h16-17H,4-15H2,1-3H3,(H,19,20);1H. The molecule has 0 aromatic carbocycles. The van der Waals surface area contributed by atoms with Crippen molar-refractivity contribution in [2.75, 3.05) is 72.0 Å². The van der Waals surface area contributed by atoms with Crippen LogP contribution < -0.4 is 5.32 Å². The zero-order valence-electron chi connectivity index (χ0n) is 16.3. The summed E-state index contributed by atoms with van der Waals surface area (Å²) >= 11 is 0. The number of nitrogens with zero attached hydrogens (tertiary/aromatic N) is 5. The van der Waals surface area contributed by atoms with Crippen molar-refractivity contribution in [3.05, 3.63) is 0 Å². The zero-order chi connectivity index (χ0) is 16.9. The highest BCUT2D eigenvalue weighted by Gasteiger charge is 2.32. The summed E-state index contributed by atoms with van der Waals surface area (Å²) in [5.41, 5.74) is 0. The Kier molecular flexibility index (Phi) is 8.71. The Balaban J connectivity index is 0.00000225. The average molecular weight is 464 g/mol. The summed E-state index contributed by atoms with van der Waals surface area (Å²) in [4.78, 5) is 15.3. The van der Waals surface area contributed by atoms with Crippen molar-refractivity contribution >= 4 is 29.9 Å². The first-order chi connectivity index (χ1) is 11.7. The van der Waals surface area contributed by atoms with Crippen molar-refractivity contribution in [1.82, 2.24) is 24.9 Å². The van der Waals surface area contributed by atoms with Gasteiger partial charge in [0, 0.05) is 64.4 Å². The molecule has 1 N–H and O–H groups in total. The largest absolute Gasteiger partial charge is 0.357 e. The van der Waals surface area contributed by atoms with Gasteiger partial charge >= 0.3 is 0 Å². The molecule has 4 rings (SSSR count). The maximum Gasteiger partial charge on any atom is 0.194 e.